The summed E-state index contributed by atoms with van der Waals surface area (Å²) in [6, 6.07) is 5.49. The smallest absolute Gasteiger partial charge is 0.102 e. The number of hydrogen-bond donors (Lipinski definition) is 1. The van der Waals surface area contributed by atoms with E-state index in [1.807, 2.05) is 18.2 Å². The van der Waals surface area contributed by atoms with E-state index in [0.717, 1.165) is 24.2 Å². The van der Waals surface area contributed by atoms with Gasteiger partial charge in [0.15, 0.2) is 0 Å². The SMILES string of the molecule is NC(=N/C=C/c1ccc(Cl)c(Cl)c1)C1CCCCC1. The lowest BCUT2D eigenvalue weighted by atomic mass is 9.88. The third kappa shape index (κ3) is 4.26. The fourth-order valence-corrected chi connectivity index (χ4v) is 2.64. The molecule has 1 aliphatic carbocycles. The summed E-state index contributed by atoms with van der Waals surface area (Å²) in [6.45, 7) is 0. The Morgan fingerprint density at radius 2 is 1.89 bits per heavy atom. The zero-order valence-electron chi connectivity index (χ0n) is 10.8. The third-order valence-corrected chi connectivity index (χ3v) is 4.20. The van der Waals surface area contributed by atoms with Crippen molar-refractivity contribution in [2.75, 3.05) is 0 Å². The van der Waals surface area contributed by atoms with E-state index in [-0.39, 0.29) is 0 Å². The van der Waals surface area contributed by atoms with Crippen LogP contribution in [0.2, 0.25) is 10.0 Å². The predicted octanol–water partition coefficient (Wildman–Crippen LogP) is 4.90. The number of aliphatic imine (C=N–C) groups is 1. The minimum atomic E-state index is 0.451. The van der Waals surface area contributed by atoms with E-state index in [0.29, 0.717) is 16.0 Å². The quantitative estimate of drug-likeness (QED) is 0.625. The molecule has 0 amide bonds. The molecule has 4 heteroatoms. The van der Waals surface area contributed by atoms with E-state index in [9.17, 15) is 0 Å². The van der Waals surface area contributed by atoms with Crippen molar-refractivity contribution >= 4 is 35.1 Å². The van der Waals surface area contributed by atoms with Gasteiger partial charge in [0, 0.05) is 12.1 Å². The van der Waals surface area contributed by atoms with E-state index < -0.39 is 0 Å². The van der Waals surface area contributed by atoms with Crippen molar-refractivity contribution < 1.29 is 0 Å². The number of hydrogen-bond acceptors (Lipinski definition) is 1. The number of benzene rings is 1. The third-order valence-electron chi connectivity index (χ3n) is 3.46. The van der Waals surface area contributed by atoms with Crippen LogP contribution < -0.4 is 5.73 Å². The molecule has 1 aromatic carbocycles. The zero-order valence-corrected chi connectivity index (χ0v) is 12.3. The van der Waals surface area contributed by atoms with Crippen LogP contribution in [0.4, 0.5) is 0 Å². The lowest BCUT2D eigenvalue weighted by Gasteiger charge is -2.20. The average molecular weight is 297 g/mol. The van der Waals surface area contributed by atoms with Crippen molar-refractivity contribution in [2.24, 2.45) is 16.6 Å². The highest BCUT2D eigenvalue weighted by molar-refractivity contribution is 6.42. The molecule has 1 aliphatic rings. The first-order valence-electron chi connectivity index (χ1n) is 6.61. The van der Waals surface area contributed by atoms with E-state index in [1.165, 1.54) is 19.3 Å². The Balaban J connectivity index is 1.99. The van der Waals surface area contributed by atoms with Crippen LogP contribution in [-0.4, -0.2) is 5.84 Å². The molecule has 0 heterocycles. The Labute approximate surface area is 124 Å². The highest BCUT2D eigenvalue weighted by Crippen LogP contribution is 2.24. The van der Waals surface area contributed by atoms with Gasteiger partial charge in [0.2, 0.25) is 0 Å². The van der Waals surface area contributed by atoms with Gasteiger partial charge in [0.25, 0.3) is 0 Å². The number of halogens is 2. The molecule has 0 saturated heterocycles. The molecule has 1 aromatic rings. The Hall–Kier alpha value is -0.990. The van der Waals surface area contributed by atoms with E-state index in [4.69, 9.17) is 28.9 Å². The summed E-state index contributed by atoms with van der Waals surface area (Å²) in [5, 5.41) is 1.11. The Kier molecular flexibility index (Phi) is 5.29. The van der Waals surface area contributed by atoms with Crippen molar-refractivity contribution in [3.05, 3.63) is 40.0 Å². The molecule has 2 N–H and O–H groups in total. The zero-order chi connectivity index (χ0) is 13.7. The molecule has 0 atom stereocenters. The summed E-state index contributed by atoms with van der Waals surface area (Å²) < 4.78 is 0. The summed E-state index contributed by atoms with van der Waals surface area (Å²) in [5.41, 5.74) is 6.99. The molecule has 19 heavy (non-hydrogen) atoms. The molecule has 0 unspecified atom stereocenters. The van der Waals surface area contributed by atoms with Crippen molar-refractivity contribution in [1.29, 1.82) is 0 Å². The van der Waals surface area contributed by atoms with Crippen LogP contribution in [0.3, 0.4) is 0 Å². The van der Waals surface area contributed by atoms with E-state index >= 15 is 0 Å². The minimum absolute atomic E-state index is 0.451. The van der Waals surface area contributed by atoms with E-state index in [1.54, 1.807) is 12.3 Å². The van der Waals surface area contributed by atoms with Crippen molar-refractivity contribution in [3.63, 3.8) is 0 Å². The van der Waals surface area contributed by atoms with Gasteiger partial charge in [-0.15, -0.1) is 0 Å². The molecule has 0 spiro atoms. The van der Waals surface area contributed by atoms with Gasteiger partial charge in [-0.25, -0.2) is 4.99 Å². The summed E-state index contributed by atoms with van der Waals surface area (Å²) in [7, 11) is 0. The maximum absolute atomic E-state index is 6.02. The van der Waals surface area contributed by atoms with Gasteiger partial charge in [-0.3, -0.25) is 0 Å². The molecule has 2 rings (SSSR count). The molecule has 102 valence electrons. The van der Waals surface area contributed by atoms with E-state index in [2.05, 4.69) is 4.99 Å². The van der Waals surface area contributed by atoms with Gasteiger partial charge in [-0.05, 0) is 36.6 Å². The second-order valence-electron chi connectivity index (χ2n) is 4.88. The van der Waals surface area contributed by atoms with Crippen LogP contribution in [0.15, 0.2) is 29.4 Å². The number of nitrogens with two attached hydrogens (primary N) is 1. The molecule has 1 fully saturated rings. The van der Waals surface area contributed by atoms with Crippen LogP contribution in [0.5, 0.6) is 0 Å². The topological polar surface area (TPSA) is 38.4 Å². The van der Waals surface area contributed by atoms with Gasteiger partial charge < -0.3 is 5.73 Å². The second kappa shape index (κ2) is 6.97. The fourth-order valence-electron chi connectivity index (χ4n) is 2.33. The average Bonchev–Trinajstić information content (AvgIpc) is 2.43. The van der Waals surface area contributed by atoms with Crippen molar-refractivity contribution in [3.8, 4) is 0 Å². The Morgan fingerprint density at radius 3 is 2.58 bits per heavy atom. The lowest BCUT2D eigenvalue weighted by molar-refractivity contribution is 0.437. The van der Waals surface area contributed by atoms with Gasteiger partial charge in [0.05, 0.1) is 10.0 Å². The largest absolute Gasteiger partial charge is 0.387 e. The highest BCUT2D eigenvalue weighted by atomic mass is 35.5. The Bertz CT molecular complexity index is 489. The summed E-state index contributed by atoms with van der Waals surface area (Å²) >= 11 is 11.8. The van der Waals surface area contributed by atoms with Crippen molar-refractivity contribution in [1.82, 2.24) is 0 Å². The molecular formula is C15H18Cl2N2. The summed E-state index contributed by atoms with van der Waals surface area (Å²) in [6.07, 6.45) is 9.80. The molecule has 0 bridgehead atoms. The van der Waals surface area contributed by atoms with Gasteiger partial charge in [-0.2, -0.15) is 0 Å². The van der Waals surface area contributed by atoms with Gasteiger partial charge in [0.1, 0.15) is 5.84 Å². The maximum Gasteiger partial charge on any atom is 0.102 e. The molecule has 1 saturated carbocycles. The lowest BCUT2D eigenvalue weighted by Crippen LogP contribution is -2.25. The van der Waals surface area contributed by atoms with Crippen LogP contribution in [0.25, 0.3) is 6.08 Å². The second-order valence-corrected chi connectivity index (χ2v) is 5.69. The Morgan fingerprint density at radius 1 is 1.16 bits per heavy atom. The number of nitrogens with zero attached hydrogens (tertiary/aromatic N) is 1. The number of rotatable bonds is 3. The minimum Gasteiger partial charge on any atom is -0.387 e. The summed E-state index contributed by atoms with van der Waals surface area (Å²) in [4.78, 5) is 4.33. The van der Waals surface area contributed by atoms with Crippen LogP contribution >= 0.6 is 23.2 Å². The van der Waals surface area contributed by atoms with Crippen LogP contribution in [0, 0.1) is 5.92 Å². The normalized spacial score (nSPS) is 18.1. The fraction of sp³-hybridized carbons (Fsp3) is 0.400. The number of amidine groups is 1. The summed E-state index contributed by atoms with van der Waals surface area (Å²) in [5.74, 6) is 1.20. The standard InChI is InChI=1S/C15H18Cl2N2/c16-13-7-6-11(10-14(13)17)8-9-19-15(18)12-4-2-1-3-5-12/h6-10,12H,1-5H2,(H2,18,19)/b9-8+. The monoisotopic (exact) mass is 296 g/mol. The van der Waals surface area contributed by atoms with Crippen LogP contribution in [-0.2, 0) is 0 Å². The van der Waals surface area contributed by atoms with Crippen LogP contribution in [0.1, 0.15) is 37.7 Å². The van der Waals surface area contributed by atoms with Gasteiger partial charge in [-0.1, -0.05) is 48.5 Å². The first kappa shape index (κ1) is 14.4. The first-order chi connectivity index (χ1) is 9.16. The predicted molar refractivity (Wildman–Crippen MR) is 83.7 cm³/mol. The molecule has 0 aliphatic heterocycles. The van der Waals surface area contributed by atoms with Gasteiger partial charge >= 0.3 is 0 Å². The first-order valence-corrected chi connectivity index (χ1v) is 7.37. The maximum atomic E-state index is 6.02. The molecular weight excluding hydrogens is 279 g/mol. The molecule has 0 radical (unpaired) electrons. The molecule has 0 aromatic heterocycles. The highest BCUT2D eigenvalue weighted by Gasteiger charge is 2.16. The van der Waals surface area contributed by atoms with Crippen molar-refractivity contribution in [2.45, 2.75) is 32.1 Å². The molecule has 2 nitrogen and oxygen atoms in total.